The number of hydrogen-bond acceptors (Lipinski definition) is 4. The Labute approximate surface area is 125 Å². The zero-order chi connectivity index (χ0) is 15.5. The van der Waals surface area contributed by atoms with Crippen molar-refractivity contribution in [1.82, 2.24) is 4.72 Å². The van der Waals surface area contributed by atoms with Gasteiger partial charge in [-0.3, -0.25) is 5.41 Å². The minimum absolute atomic E-state index is 0.115. The molecule has 7 heteroatoms. The van der Waals surface area contributed by atoms with Crippen molar-refractivity contribution in [3.8, 4) is 0 Å². The van der Waals surface area contributed by atoms with Crippen LogP contribution in [0.2, 0.25) is 0 Å². The minimum Gasteiger partial charge on any atom is -0.384 e. The van der Waals surface area contributed by atoms with E-state index in [1.54, 1.807) is 6.07 Å². The van der Waals surface area contributed by atoms with E-state index >= 15 is 0 Å². The Bertz CT molecular complexity index is 622. The van der Waals surface area contributed by atoms with Crippen LogP contribution in [-0.4, -0.2) is 27.3 Å². The molecular formula is C14H22N4O2S. The van der Waals surface area contributed by atoms with Gasteiger partial charge in [0, 0.05) is 17.3 Å². The fourth-order valence-corrected chi connectivity index (χ4v) is 3.38. The van der Waals surface area contributed by atoms with Gasteiger partial charge in [0.05, 0.1) is 4.90 Å². The molecular weight excluding hydrogens is 288 g/mol. The molecule has 1 saturated carbocycles. The SMILES string of the molecule is CNS(=O)(=O)c1ccc(NC2CCCCC2)c(C(=N)N)c1. The molecule has 2 rings (SSSR count). The number of benzene rings is 1. The van der Waals surface area contributed by atoms with E-state index in [0.29, 0.717) is 11.6 Å². The van der Waals surface area contributed by atoms with Gasteiger partial charge in [-0.25, -0.2) is 13.1 Å². The number of sulfonamides is 1. The van der Waals surface area contributed by atoms with Crippen LogP contribution in [0.5, 0.6) is 0 Å². The standard InChI is InChI=1S/C14H22N4O2S/c1-17-21(19,20)11-7-8-13(12(9-11)14(15)16)18-10-5-3-2-4-6-10/h7-10,17-18H,2-6H2,1H3,(H3,15,16). The van der Waals surface area contributed by atoms with Crippen molar-refractivity contribution in [2.75, 3.05) is 12.4 Å². The summed E-state index contributed by atoms with van der Waals surface area (Å²) in [6.45, 7) is 0. The Kier molecular flexibility index (Phi) is 4.84. The fraction of sp³-hybridized carbons (Fsp3) is 0.500. The molecule has 0 amide bonds. The second-order valence-corrected chi connectivity index (χ2v) is 7.19. The second-order valence-electron chi connectivity index (χ2n) is 5.31. The molecule has 0 heterocycles. The van der Waals surface area contributed by atoms with Crippen LogP contribution in [0.1, 0.15) is 37.7 Å². The summed E-state index contributed by atoms with van der Waals surface area (Å²) in [6, 6.07) is 5.03. The van der Waals surface area contributed by atoms with Gasteiger partial charge in [-0.05, 0) is 38.1 Å². The molecule has 1 aromatic rings. The van der Waals surface area contributed by atoms with Crippen LogP contribution in [0.3, 0.4) is 0 Å². The lowest BCUT2D eigenvalue weighted by Gasteiger charge is -2.25. The summed E-state index contributed by atoms with van der Waals surface area (Å²) in [5.74, 6) is -0.138. The van der Waals surface area contributed by atoms with Crippen molar-refractivity contribution in [2.45, 2.75) is 43.0 Å². The zero-order valence-corrected chi connectivity index (χ0v) is 13.0. The molecule has 0 aromatic heterocycles. The van der Waals surface area contributed by atoms with Gasteiger partial charge in [0.1, 0.15) is 5.84 Å². The van der Waals surface area contributed by atoms with Crippen LogP contribution in [0.15, 0.2) is 23.1 Å². The average Bonchev–Trinajstić information content (AvgIpc) is 2.48. The van der Waals surface area contributed by atoms with Crippen LogP contribution < -0.4 is 15.8 Å². The number of hydrogen-bond donors (Lipinski definition) is 4. The van der Waals surface area contributed by atoms with Gasteiger partial charge in [-0.2, -0.15) is 0 Å². The third-order valence-electron chi connectivity index (χ3n) is 3.83. The first-order valence-corrected chi connectivity index (χ1v) is 8.61. The van der Waals surface area contributed by atoms with Crippen LogP contribution in [-0.2, 0) is 10.0 Å². The van der Waals surface area contributed by atoms with E-state index < -0.39 is 10.0 Å². The van der Waals surface area contributed by atoms with Crippen molar-refractivity contribution in [3.05, 3.63) is 23.8 Å². The molecule has 6 nitrogen and oxygen atoms in total. The molecule has 0 bridgehead atoms. The highest BCUT2D eigenvalue weighted by atomic mass is 32.2. The molecule has 0 unspecified atom stereocenters. The highest BCUT2D eigenvalue weighted by Gasteiger charge is 2.18. The number of anilines is 1. The number of rotatable bonds is 5. The first-order valence-electron chi connectivity index (χ1n) is 7.12. The van der Waals surface area contributed by atoms with Crippen molar-refractivity contribution in [2.24, 2.45) is 5.73 Å². The molecule has 0 atom stereocenters. The molecule has 1 aliphatic carbocycles. The number of nitrogens with one attached hydrogen (secondary N) is 3. The fourth-order valence-electron chi connectivity index (χ4n) is 2.62. The molecule has 0 aliphatic heterocycles. The quantitative estimate of drug-likeness (QED) is 0.489. The predicted molar refractivity (Wildman–Crippen MR) is 84.2 cm³/mol. The summed E-state index contributed by atoms with van der Waals surface area (Å²) >= 11 is 0. The summed E-state index contributed by atoms with van der Waals surface area (Å²) in [5.41, 5.74) is 6.76. The third kappa shape index (κ3) is 3.74. The van der Waals surface area contributed by atoms with Crippen molar-refractivity contribution in [1.29, 1.82) is 5.41 Å². The average molecular weight is 310 g/mol. The third-order valence-corrected chi connectivity index (χ3v) is 5.24. The van der Waals surface area contributed by atoms with E-state index in [-0.39, 0.29) is 10.7 Å². The zero-order valence-electron chi connectivity index (χ0n) is 12.1. The molecule has 0 spiro atoms. The van der Waals surface area contributed by atoms with E-state index in [9.17, 15) is 8.42 Å². The summed E-state index contributed by atoms with van der Waals surface area (Å²) < 4.78 is 25.9. The maximum absolute atomic E-state index is 11.8. The van der Waals surface area contributed by atoms with Gasteiger partial charge in [-0.1, -0.05) is 19.3 Å². The molecule has 21 heavy (non-hydrogen) atoms. The molecule has 1 aliphatic rings. The molecule has 0 radical (unpaired) electrons. The lowest BCUT2D eigenvalue weighted by atomic mass is 9.95. The Morgan fingerprint density at radius 3 is 2.52 bits per heavy atom. The van der Waals surface area contributed by atoms with Crippen LogP contribution in [0.4, 0.5) is 5.69 Å². The van der Waals surface area contributed by atoms with E-state index in [1.165, 1.54) is 38.4 Å². The molecule has 5 N–H and O–H groups in total. The Balaban J connectivity index is 2.31. The van der Waals surface area contributed by atoms with Crippen LogP contribution in [0, 0.1) is 5.41 Å². The highest BCUT2D eigenvalue weighted by Crippen LogP contribution is 2.25. The first-order chi connectivity index (χ1) is 9.94. The molecule has 116 valence electrons. The maximum atomic E-state index is 11.8. The maximum Gasteiger partial charge on any atom is 0.240 e. The van der Waals surface area contributed by atoms with Crippen LogP contribution >= 0.6 is 0 Å². The molecule has 0 saturated heterocycles. The minimum atomic E-state index is -3.53. The van der Waals surface area contributed by atoms with E-state index in [2.05, 4.69) is 10.0 Å². The van der Waals surface area contributed by atoms with Gasteiger partial charge in [-0.15, -0.1) is 0 Å². The van der Waals surface area contributed by atoms with Crippen molar-refractivity contribution in [3.63, 3.8) is 0 Å². The number of nitrogen functional groups attached to an aromatic ring is 1. The van der Waals surface area contributed by atoms with Gasteiger partial charge < -0.3 is 11.1 Å². The van der Waals surface area contributed by atoms with Gasteiger partial charge in [0.25, 0.3) is 0 Å². The number of amidine groups is 1. The Morgan fingerprint density at radius 1 is 1.29 bits per heavy atom. The molecule has 1 fully saturated rings. The monoisotopic (exact) mass is 310 g/mol. The van der Waals surface area contributed by atoms with Gasteiger partial charge in [0.2, 0.25) is 10.0 Å². The van der Waals surface area contributed by atoms with E-state index in [4.69, 9.17) is 11.1 Å². The number of nitrogens with two attached hydrogens (primary N) is 1. The topological polar surface area (TPSA) is 108 Å². The van der Waals surface area contributed by atoms with Gasteiger partial charge >= 0.3 is 0 Å². The van der Waals surface area contributed by atoms with Crippen LogP contribution in [0.25, 0.3) is 0 Å². The lowest BCUT2D eigenvalue weighted by molar-refractivity contribution is 0.462. The Morgan fingerprint density at radius 2 is 1.95 bits per heavy atom. The molecule has 1 aromatic carbocycles. The summed E-state index contributed by atoms with van der Waals surface area (Å²) in [6.07, 6.45) is 5.83. The smallest absolute Gasteiger partial charge is 0.240 e. The summed E-state index contributed by atoms with van der Waals surface area (Å²) in [5, 5.41) is 11.1. The van der Waals surface area contributed by atoms with Crippen molar-refractivity contribution < 1.29 is 8.42 Å². The summed E-state index contributed by atoms with van der Waals surface area (Å²) in [4.78, 5) is 0.115. The van der Waals surface area contributed by atoms with Gasteiger partial charge in [0.15, 0.2) is 0 Å². The Hall–Kier alpha value is -1.60. The predicted octanol–water partition coefficient (Wildman–Crippen LogP) is 1.62. The first kappa shape index (κ1) is 15.8. The lowest BCUT2D eigenvalue weighted by Crippen LogP contribution is -2.25. The highest BCUT2D eigenvalue weighted by molar-refractivity contribution is 7.89. The normalized spacial score (nSPS) is 16.6. The summed E-state index contributed by atoms with van der Waals surface area (Å²) in [7, 11) is -2.18. The van der Waals surface area contributed by atoms with Crippen molar-refractivity contribution >= 4 is 21.5 Å². The van der Waals surface area contributed by atoms with E-state index in [0.717, 1.165) is 18.5 Å². The second kappa shape index (κ2) is 6.44. The van der Waals surface area contributed by atoms with E-state index in [1.807, 2.05) is 0 Å². The largest absolute Gasteiger partial charge is 0.384 e.